The maximum absolute atomic E-state index is 12.6. The lowest BCUT2D eigenvalue weighted by Gasteiger charge is -2.43. The second kappa shape index (κ2) is 5.95. The van der Waals surface area contributed by atoms with Crippen molar-refractivity contribution < 1.29 is 9.59 Å². The largest absolute Gasteiger partial charge is 0.343 e. The number of carbonyl (C=O) groups excluding carboxylic acids is 2. The molecule has 0 radical (unpaired) electrons. The lowest BCUT2D eigenvalue weighted by atomic mass is 9.95. The second-order valence-corrected chi connectivity index (χ2v) is 6.58. The first kappa shape index (κ1) is 15.0. The summed E-state index contributed by atoms with van der Waals surface area (Å²) >= 11 is 1.64. The summed E-state index contributed by atoms with van der Waals surface area (Å²) in [6, 6.07) is 3.21. The third-order valence-electron chi connectivity index (χ3n) is 3.77. The SMILES string of the molecule is CCC1C(=O)NC(C)C(=O)N1C(c1cccs1)C(C)C. The van der Waals surface area contributed by atoms with Gasteiger partial charge in [-0.15, -0.1) is 11.3 Å². The molecule has 0 spiro atoms. The molecule has 3 unspecified atom stereocenters. The third-order valence-corrected chi connectivity index (χ3v) is 4.72. The van der Waals surface area contributed by atoms with Crippen LogP contribution in [0.5, 0.6) is 0 Å². The predicted octanol–water partition coefficient (Wildman–Crippen LogP) is 2.57. The van der Waals surface area contributed by atoms with E-state index in [1.54, 1.807) is 23.2 Å². The van der Waals surface area contributed by atoms with Crippen molar-refractivity contribution in [2.24, 2.45) is 5.92 Å². The van der Waals surface area contributed by atoms with Crippen LogP contribution in [0.15, 0.2) is 17.5 Å². The zero-order chi connectivity index (χ0) is 14.9. The summed E-state index contributed by atoms with van der Waals surface area (Å²) in [6.45, 7) is 7.90. The molecule has 3 atom stereocenters. The maximum atomic E-state index is 12.6. The van der Waals surface area contributed by atoms with Crippen molar-refractivity contribution in [2.45, 2.75) is 52.2 Å². The number of thiophene rings is 1. The summed E-state index contributed by atoms with van der Waals surface area (Å²) in [7, 11) is 0. The van der Waals surface area contributed by atoms with Crippen LogP contribution in [-0.2, 0) is 9.59 Å². The van der Waals surface area contributed by atoms with Crippen molar-refractivity contribution in [3.63, 3.8) is 0 Å². The van der Waals surface area contributed by atoms with Gasteiger partial charge in [0.25, 0.3) is 0 Å². The fourth-order valence-corrected chi connectivity index (χ4v) is 3.83. The first-order valence-electron chi connectivity index (χ1n) is 7.13. The average molecular weight is 294 g/mol. The molecule has 1 aromatic heterocycles. The van der Waals surface area contributed by atoms with Crippen LogP contribution in [0.1, 0.15) is 45.0 Å². The van der Waals surface area contributed by atoms with E-state index in [4.69, 9.17) is 0 Å². The van der Waals surface area contributed by atoms with Gasteiger partial charge in [0.15, 0.2) is 0 Å². The van der Waals surface area contributed by atoms with E-state index in [-0.39, 0.29) is 29.8 Å². The number of rotatable bonds is 4. The number of amides is 2. The minimum Gasteiger partial charge on any atom is -0.343 e. The van der Waals surface area contributed by atoms with Crippen LogP contribution < -0.4 is 5.32 Å². The molecule has 2 amide bonds. The minimum absolute atomic E-state index is 0.0172. The van der Waals surface area contributed by atoms with E-state index in [2.05, 4.69) is 19.2 Å². The Labute approximate surface area is 124 Å². The van der Waals surface area contributed by atoms with Crippen molar-refractivity contribution in [2.75, 3.05) is 0 Å². The highest BCUT2D eigenvalue weighted by Gasteiger charge is 2.42. The van der Waals surface area contributed by atoms with E-state index in [1.165, 1.54) is 0 Å². The second-order valence-electron chi connectivity index (χ2n) is 5.60. The Morgan fingerprint density at radius 1 is 1.40 bits per heavy atom. The molecule has 2 heterocycles. The van der Waals surface area contributed by atoms with E-state index < -0.39 is 6.04 Å². The Balaban J connectivity index is 2.42. The fourth-order valence-electron chi connectivity index (χ4n) is 2.83. The van der Waals surface area contributed by atoms with Crippen LogP contribution >= 0.6 is 11.3 Å². The van der Waals surface area contributed by atoms with E-state index >= 15 is 0 Å². The maximum Gasteiger partial charge on any atom is 0.246 e. The summed E-state index contributed by atoms with van der Waals surface area (Å²) < 4.78 is 0. The molecule has 5 heteroatoms. The van der Waals surface area contributed by atoms with Crippen molar-refractivity contribution >= 4 is 23.2 Å². The predicted molar refractivity (Wildman–Crippen MR) is 80.4 cm³/mol. The molecule has 1 N–H and O–H groups in total. The van der Waals surface area contributed by atoms with Crippen molar-refractivity contribution in [3.8, 4) is 0 Å². The van der Waals surface area contributed by atoms with Crippen LogP contribution in [0.4, 0.5) is 0 Å². The molecule has 1 saturated heterocycles. The van der Waals surface area contributed by atoms with Crippen LogP contribution in [0.25, 0.3) is 0 Å². The van der Waals surface area contributed by atoms with Crippen LogP contribution in [-0.4, -0.2) is 28.8 Å². The van der Waals surface area contributed by atoms with E-state index in [0.29, 0.717) is 6.42 Å². The molecular formula is C15H22N2O2S. The molecule has 20 heavy (non-hydrogen) atoms. The molecule has 0 aliphatic carbocycles. The number of hydrogen-bond acceptors (Lipinski definition) is 3. The quantitative estimate of drug-likeness (QED) is 0.928. The summed E-state index contributed by atoms with van der Waals surface area (Å²) in [5.41, 5.74) is 0. The molecule has 1 aliphatic rings. The van der Waals surface area contributed by atoms with Gasteiger partial charge in [-0.25, -0.2) is 0 Å². The lowest BCUT2D eigenvalue weighted by molar-refractivity contribution is -0.153. The lowest BCUT2D eigenvalue weighted by Crippen LogP contribution is -2.63. The van der Waals surface area contributed by atoms with Gasteiger partial charge in [0, 0.05) is 4.88 Å². The molecule has 4 nitrogen and oxygen atoms in total. The van der Waals surface area contributed by atoms with Gasteiger partial charge in [0.1, 0.15) is 12.1 Å². The normalized spacial score (nSPS) is 24.9. The number of nitrogens with zero attached hydrogens (tertiary/aromatic N) is 1. The van der Waals surface area contributed by atoms with Gasteiger partial charge in [-0.3, -0.25) is 9.59 Å². The highest BCUT2D eigenvalue weighted by atomic mass is 32.1. The van der Waals surface area contributed by atoms with Crippen molar-refractivity contribution in [3.05, 3.63) is 22.4 Å². The highest BCUT2D eigenvalue weighted by molar-refractivity contribution is 7.10. The van der Waals surface area contributed by atoms with E-state index in [1.807, 2.05) is 24.4 Å². The standard InChI is InChI=1S/C15H22N2O2S/c1-5-11-14(18)16-10(4)15(19)17(11)13(9(2)3)12-7-6-8-20-12/h6-11,13H,5H2,1-4H3,(H,16,18). The zero-order valence-electron chi connectivity index (χ0n) is 12.4. The Morgan fingerprint density at radius 2 is 2.10 bits per heavy atom. The third kappa shape index (κ3) is 2.59. The van der Waals surface area contributed by atoms with Gasteiger partial charge in [-0.05, 0) is 30.7 Å². The first-order chi connectivity index (χ1) is 9.47. The van der Waals surface area contributed by atoms with Gasteiger partial charge in [0.2, 0.25) is 11.8 Å². The van der Waals surface area contributed by atoms with Gasteiger partial charge in [-0.1, -0.05) is 26.8 Å². The number of nitrogens with one attached hydrogen (secondary N) is 1. The van der Waals surface area contributed by atoms with Crippen LogP contribution in [0.3, 0.4) is 0 Å². The molecule has 0 bridgehead atoms. The monoisotopic (exact) mass is 294 g/mol. The topological polar surface area (TPSA) is 49.4 Å². The molecule has 1 aliphatic heterocycles. The van der Waals surface area contributed by atoms with Gasteiger partial charge < -0.3 is 10.2 Å². The zero-order valence-corrected chi connectivity index (χ0v) is 13.2. The Kier molecular flexibility index (Phi) is 4.48. The average Bonchev–Trinajstić information content (AvgIpc) is 2.89. The Morgan fingerprint density at radius 3 is 2.60 bits per heavy atom. The summed E-state index contributed by atoms with van der Waals surface area (Å²) in [4.78, 5) is 27.7. The summed E-state index contributed by atoms with van der Waals surface area (Å²) in [5, 5.41) is 4.79. The molecule has 1 fully saturated rings. The van der Waals surface area contributed by atoms with Gasteiger partial charge in [0.05, 0.1) is 6.04 Å². The highest BCUT2D eigenvalue weighted by Crippen LogP contribution is 2.35. The fraction of sp³-hybridized carbons (Fsp3) is 0.600. The molecule has 0 aromatic carbocycles. The summed E-state index contributed by atoms with van der Waals surface area (Å²) in [6.07, 6.45) is 0.638. The molecule has 1 aromatic rings. The molecule has 110 valence electrons. The Bertz CT molecular complexity index is 484. The van der Waals surface area contributed by atoms with Gasteiger partial charge in [-0.2, -0.15) is 0 Å². The Hall–Kier alpha value is -1.36. The molecule has 2 rings (SSSR count). The summed E-state index contributed by atoms with van der Waals surface area (Å²) in [5.74, 6) is 0.245. The number of hydrogen-bond donors (Lipinski definition) is 1. The van der Waals surface area contributed by atoms with Crippen molar-refractivity contribution in [1.29, 1.82) is 0 Å². The molecule has 0 saturated carbocycles. The van der Waals surface area contributed by atoms with Crippen LogP contribution in [0, 0.1) is 5.92 Å². The number of carbonyl (C=O) groups is 2. The smallest absolute Gasteiger partial charge is 0.246 e. The van der Waals surface area contributed by atoms with Gasteiger partial charge >= 0.3 is 0 Å². The van der Waals surface area contributed by atoms with E-state index in [0.717, 1.165) is 4.88 Å². The molecular weight excluding hydrogens is 272 g/mol. The first-order valence-corrected chi connectivity index (χ1v) is 8.01. The number of piperazine rings is 1. The van der Waals surface area contributed by atoms with E-state index in [9.17, 15) is 9.59 Å². The minimum atomic E-state index is -0.438. The van der Waals surface area contributed by atoms with Crippen molar-refractivity contribution in [1.82, 2.24) is 10.2 Å². The van der Waals surface area contributed by atoms with Crippen LogP contribution in [0.2, 0.25) is 0 Å².